The quantitative estimate of drug-likeness (QED) is 0.794. The highest BCUT2D eigenvalue weighted by Crippen LogP contribution is 2.19. The van der Waals surface area contributed by atoms with Crippen LogP contribution in [-0.2, 0) is 9.59 Å². The molecule has 20 heavy (non-hydrogen) atoms. The Hall–Kier alpha value is -2.11. The van der Waals surface area contributed by atoms with Crippen molar-refractivity contribution in [3.63, 3.8) is 0 Å². The van der Waals surface area contributed by atoms with Crippen LogP contribution in [0.1, 0.15) is 25.7 Å². The predicted octanol–water partition coefficient (Wildman–Crippen LogP) is 1.32. The Morgan fingerprint density at radius 2 is 2.35 bits per heavy atom. The van der Waals surface area contributed by atoms with Gasteiger partial charge in [-0.3, -0.25) is 9.78 Å². The Kier molecular flexibility index (Phi) is 4.92. The standard InChI is InChI=1S/C14H18N2O4/c17-13(16-8-2-5-12(16)14(18)19)6-3-9-20-11-4-1-7-15-10-11/h1,4,7,10,12H,2-3,5-6,8-9H2,(H,18,19). The Morgan fingerprint density at radius 3 is 3.05 bits per heavy atom. The molecule has 1 amide bonds. The summed E-state index contributed by atoms with van der Waals surface area (Å²) in [5.41, 5.74) is 0. The van der Waals surface area contributed by atoms with Crippen molar-refractivity contribution in [1.29, 1.82) is 0 Å². The molecule has 108 valence electrons. The maximum absolute atomic E-state index is 12.0. The van der Waals surface area contributed by atoms with E-state index < -0.39 is 12.0 Å². The average Bonchev–Trinajstić information content (AvgIpc) is 2.94. The first-order valence-electron chi connectivity index (χ1n) is 6.73. The maximum Gasteiger partial charge on any atom is 0.326 e. The van der Waals surface area contributed by atoms with Gasteiger partial charge in [0.2, 0.25) is 5.91 Å². The average molecular weight is 278 g/mol. The number of amides is 1. The number of aromatic nitrogens is 1. The number of carbonyl (C=O) groups excluding carboxylic acids is 1. The summed E-state index contributed by atoms with van der Waals surface area (Å²) in [6, 6.07) is 2.93. The van der Waals surface area contributed by atoms with Crippen molar-refractivity contribution >= 4 is 11.9 Å². The molecule has 2 rings (SSSR count). The number of hydrogen-bond donors (Lipinski definition) is 1. The minimum atomic E-state index is -0.914. The number of carboxylic acid groups (broad SMARTS) is 1. The summed E-state index contributed by atoms with van der Waals surface area (Å²) in [4.78, 5) is 28.4. The number of nitrogens with zero attached hydrogens (tertiary/aromatic N) is 2. The van der Waals surface area contributed by atoms with E-state index in [0.29, 0.717) is 38.2 Å². The van der Waals surface area contributed by atoms with Gasteiger partial charge < -0.3 is 14.7 Å². The van der Waals surface area contributed by atoms with E-state index in [1.807, 2.05) is 0 Å². The smallest absolute Gasteiger partial charge is 0.326 e. The van der Waals surface area contributed by atoms with Gasteiger partial charge >= 0.3 is 5.97 Å². The van der Waals surface area contributed by atoms with Crippen molar-refractivity contribution in [3.8, 4) is 5.75 Å². The number of likely N-dealkylation sites (tertiary alicyclic amines) is 1. The van der Waals surface area contributed by atoms with E-state index in [-0.39, 0.29) is 5.91 Å². The lowest BCUT2D eigenvalue weighted by atomic mass is 10.2. The van der Waals surface area contributed by atoms with Gasteiger partial charge in [-0.25, -0.2) is 4.79 Å². The minimum Gasteiger partial charge on any atom is -0.492 e. The first-order chi connectivity index (χ1) is 9.68. The number of pyridine rings is 1. The maximum atomic E-state index is 12.0. The van der Waals surface area contributed by atoms with Crippen LogP contribution in [0, 0.1) is 0 Å². The monoisotopic (exact) mass is 278 g/mol. The van der Waals surface area contributed by atoms with Gasteiger partial charge in [-0.05, 0) is 31.4 Å². The second-order valence-corrected chi connectivity index (χ2v) is 4.72. The fourth-order valence-electron chi connectivity index (χ4n) is 2.31. The van der Waals surface area contributed by atoms with Crippen molar-refractivity contribution in [2.75, 3.05) is 13.2 Å². The van der Waals surface area contributed by atoms with Crippen LogP contribution in [-0.4, -0.2) is 46.1 Å². The summed E-state index contributed by atoms with van der Waals surface area (Å²) in [5, 5.41) is 9.03. The lowest BCUT2D eigenvalue weighted by Gasteiger charge is -2.21. The molecule has 0 bridgehead atoms. The molecule has 1 aliphatic rings. The third-order valence-electron chi connectivity index (χ3n) is 3.30. The summed E-state index contributed by atoms with van der Waals surface area (Å²) in [5.74, 6) is -0.350. The highest BCUT2D eigenvalue weighted by Gasteiger charge is 2.33. The molecule has 1 aromatic heterocycles. The van der Waals surface area contributed by atoms with Crippen LogP contribution in [0.3, 0.4) is 0 Å². The number of hydrogen-bond acceptors (Lipinski definition) is 4. The van der Waals surface area contributed by atoms with Gasteiger partial charge in [-0.1, -0.05) is 0 Å². The molecule has 2 heterocycles. The minimum absolute atomic E-state index is 0.107. The van der Waals surface area contributed by atoms with E-state index in [9.17, 15) is 9.59 Å². The van der Waals surface area contributed by atoms with E-state index in [1.54, 1.807) is 24.5 Å². The molecule has 6 heteroatoms. The zero-order chi connectivity index (χ0) is 14.4. The lowest BCUT2D eigenvalue weighted by molar-refractivity contribution is -0.148. The molecule has 0 aliphatic carbocycles. The summed E-state index contributed by atoms with van der Waals surface area (Å²) in [6.07, 6.45) is 5.46. The van der Waals surface area contributed by atoms with Crippen LogP contribution >= 0.6 is 0 Å². The normalized spacial score (nSPS) is 18.0. The van der Waals surface area contributed by atoms with Gasteiger partial charge in [0, 0.05) is 19.2 Å². The SMILES string of the molecule is O=C(O)C1CCCN1C(=O)CCCOc1cccnc1. The number of aliphatic carboxylic acids is 1. The van der Waals surface area contributed by atoms with Crippen LogP contribution in [0.25, 0.3) is 0 Å². The van der Waals surface area contributed by atoms with Crippen LogP contribution in [0.2, 0.25) is 0 Å². The molecule has 1 atom stereocenters. The van der Waals surface area contributed by atoms with Gasteiger partial charge in [0.1, 0.15) is 11.8 Å². The molecule has 1 N–H and O–H groups in total. The topological polar surface area (TPSA) is 79.7 Å². The summed E-state index contributed by atoms with van der Waals surface area (Å²) < 4.78 is 5.44. The van der Waals surface area contributed by atoms with Crippen LogP contribution in [0.5, 0.6) is 5.75 Å². The molecule has 1 aliphatic heterocycles. The van der Waals surface area contributed by atoms with Crippen molar-refractivity contribution < 1.29 is 19.4 Å². The zero-order valence-corrected chi connectivity index (χ0v) is 11.2. The highest BCUT2D eigenvalue weighted by atomic mass is 16.5. The largest absolute Gasteiger partial charge is 0.492 e. The van der Waals surface area contributed by atoms with Crippen LogP contribution in [0.15, 0.2) is 24.5 Å². The Balaban J connectivity index is 1.71. The fourth-order valence-corrected chi connectivity index (χ4v) is 2.31. The van der Waals surface area contributed by atoms with Gasteiger partial charge in [0.25, 0.3) is 0 Å². The Bertz CT molecular complexity index is 464. The summed E-state index contributed by atoms with van der Waals surface area (Å²) in [7, 11) is 0. The van der Waals surface area contributed by atoms with E-state index in [4.69, 9.17) is 9.84 Å². The molecule has 0 saturated carbocycles. The molecular weight excluding hydrogens is 260 g/mol. The van der Waals surface area contributed by atoms with E-state index >= 15 is 0 Å². The molecule has 1 unspecified atom stereocenters. The number of carbonyl (C=O) groups is 2. The van der Waals surface area contributed by atoms with Gasteiger partial charge in [0.15, 0.2) is 0 Å². The first-order valence-corrected chi connectivity index (χ1v) is 6.73. The number of rotatable bonds is 6. The number of carboxylic acids is 1. The van der Waals surface area contributed by atoms with Gasteiger partial charge in [-0.2, -0.15) is 0 Å². The third kappa shape index (κ3) is 3.69. The Labute approximate surface area is 117 Å². The second kappa shape index (κ2) is 6.88. The predicted molar refractivity (Wildman–Crippen MR) is 71.3 cm³/mol. The van der Waals surface area contributed by atoms with E-state index in [1.165, 1.54) is 4.90 Å². The molecule has 6 nitrogen and oxygen atoms in total. The summed E-state index contributed by atoms with van der Waals surface area (Å²) >= 11 is 0. The van der Waals surface area contributed by atoms with Crippen molar-refractivity contribution in [1.82, 2.24) is 9.88 Å². The molecule has 1 aromatic rings. The first kappa shape index (κ1) is 14.3. The molecule has 0 radical (unpaired) electrons. The molecule has 0 aromatic carbocycles. The number of ether oxygens (including phenoxy) is 1. The Morgan fingerprint density at radius 1 is 1.50 bits per heavy atom. The molecule has 1 saturated heterocycles. The summed E-state index contributed by atoms with van der Waals surface area (Å²) in [6.45, 7) is 0.961. The van der Waals surface area contributed by atoms with Gasteiger partial charge in [-0.15, -0.1) is 0 Å². The second-order valence-electron chi connectivity index (χ2n) is 4.72. The van der Waals surface area contributed by atoms with Crippen molar-refractivity contribution in [2.24, 2.45) is 0 Å². The zero-order valence-electron chi connectivity index (χ0n) is 11.2. The van der Waals surface area contributed by atoms with Crippen molar-refractivity contribution in [2.45, 2.75) is 31.7 Å². The highest BCUT2D eigenvalue weighted by molar-refractivity contribution is 5.84. The van der Waals surface area contributed by atoms with E-state index in [0.717, 1.165) is 6.42 Å². The van der Waals surface area contributed by atoms with Crippen molar-refractivity contribution in [3.05, 3.63) is 24.5 Å². The van der Waals surface area contributed by atoms with E-state index in [2.05, 4.69) is 4.98 Å². The van der Waals surface area contributed by atoms with Crippen LogP contribution < -0.4 is 4.74 Å². The third-order valence-corrected chi connectivity index (χ3v) is 3.30. The molecule has 1 fully saturated rings. The molecule has 0 spiro atoms. The lowest BCUT2D eigenvalue weighted by Crippen LogP contribution is -2.40. The van der Waals surface area contributed by atoms with Gasteiger partial charge in [0.05, 0.1) is 12.8 Å². The molecular formula is C14H18N2O4. The van der Waals surface area contributed by atoms with Crippen LogP contribution in [0.4, 0.5) is 0 Å². The fraction of sp³-hybridized carbons (Fsp3) is 0.500.